The molecular formula is C18H16O6. The molecule has 0 aromatic heterocycles. The van der Waals surface area contributed by atoms with Crippen LogP contribution in [0.5, 0.6) is 28.7 Å². The van der Waals surface area contributed by atoms with Crippen molar-refractivity contribution in [1.82, 2.24) is 0 Å². The zero-order valence-corrected chi connectivity index (χ0v) is 13.2. The van der Waals surface area contributed by atoms with Crippen molar-refractivity contribution in [2.75, 3.05) is 21.0 Å². The second-order valence-electron chi connectivity index (χ2n) is 5.03. The highest BCUT2D eigenvalue weighted by Gasteiger charge is 2.15. The SMILES string of the molecule is COc1cc(O)c(C(=O)/C=C/c2ccc3c(c2)OCO3)cc1OC. The van der Waals surface area contributed by atoms with Gasteiger partial charge >= 0.3 is 0 Å². The first-order chi connectivity index (χ1) is 11.6. The van der Waals surface area contributed by atoms with Crippen molar-refractivity contribution in [2.24, 2.45) is 0 Å². The molecule has 1 aliphatic rings. The Balaban J connectivity index is 1.84. The quantitative estimate of drug-likeness (QED) is 0.672. The zero-order valence-electron chi connectivity index (χ0n) is 13.2. The van der Waals surface area contributed by atoms with Gasteiger partial charge in [-0.15, -0.1) is 0 Å². The van der Waals surface area contributed by atoms with Gasteiger partial charge in [-0.25, -0.2) is 0 Å². The summed E-state index contributed by atoms with van der Waals surface area (Å²) in [4.78, 5) is 12.3. The number of carbonyl (C=O) groups is 1. The number of fused-ring (bicyclic) bond motifs is 1. The summed E-state index contributed by atoms with van der Waals surface area (Å²) in [6, 6.07) is 8.16. The van der Waals surface area contributed by atoms with E-state index in [2.05, 4.69) is 0 Å². The molecule has 0 bridgehead atoms. The van der Waals surface area contributed by atoms with E-state index < -0.39 is 0 Å². The molecule has 0 atom stereocenters. The molecular weight excluding hydrogens is 312 g/mol. The van der Waals surface area contributed by atoms with Gasteiger partial charge in [0.25, 0.3) is 0 Å². The molecule has 0 fully saturated rings. The van der Waals surface area contributed by atoms with Crippen LogP contribution < -0.4 is 18.9 Å². The first kappa shape index (κ1) is 15.7. The number of phenols is 1. The second kappa shape index (κ2) is 6.54. The molecule has 2 aromatic rings. The van der Waals surface area contributed by atoms with Crippen molar-refractivity contribution in [3.05, 3.63) is 47.5 Å². The van der Waals surface area contributed by atoms with Gasteiger partial charge in [-0.3, -0.25) is 4.79 Å². The first-order valence-electron chi connectivity index (χ1n) is 7.19. The number of hydrogen-bond donors (Lipinski definition) is 1. The topological polar surface area (TPSA) is 74.2 Å². The Morgan fingerprint density at radius 2 is 1.79 bits per heavy atom. The number of rotatable bonds is 5. The third kappa shape index (κ3) is 2.99. The summed E-state index contributed by atoms with van der Waals surface area (Å²) in [7, 11) is 2.92. The Labute approximate surface area is 138 Å². The number of carbonyl (C=O) groups excluding carboxylic acids is 1. The van der Waals surface area contributed by atoms with Crippen molar-refractivity contribution >= 4 is 11.9 Å². The largest absolute Gasteiger partial charge is 0.507 e. The molecule has 0 amide bonds. The van der Waals surface area contributed by atoms with E-state index in [0.29, 0.717) is 23.0 Å². The van der Waals surface area contributed by atoms with Gasteiger partial charge in [0, 0.05) is 6.07 Å². The summed E-state index contributed by atoms with van der Waals surface area (Å²) < 4.78 is 20.8. The van der Waals surface area contributed by atoms with Crippen molar-refractivity contribution in [2.45, 2.75) is 0 Å². The molecule has 1 heterocycles. The van der Waals surface area contributed by atoms with Crippen LogP contribution in [0.15, 0.2) is 36.4 Å². The van der Waals surface area contributed by atoms with Gasteiger partial charge in [0.1, 0.15) is 5.75 Å². The Kier molecular flexibility index (Phi) is 4.29. The lowest BCUT2D eigenvalue weighted by Gasteiger charge is -2.10. The van der Waals surface area contributed by atoms with Gasteiger partial charge in [0.05, 0.1) is 19.8 Å². The lowest BCUT2D eigenvalue weighted by Crippen LogP contribution is -1.98. The number of aromatic hydroxyl groups is 1. The van der Waals surface area contributed by atoms with Crippen molar-refractivity contribution in [3.63, 3.8) is 0 Å². The van der Waals surface area contributed by atoms with Crippen LogP contribution in [0, 0.1) is 0 Å². The predicted octanol–water partition coefficient (Wildman–Crippen LogP) is 3.03. The molecule has 0 aliphatic carbocycles. The number of hydrogen-bond acceptors (Lipinski definition) is 6. The van der Waals surface area contributed by atoms with E-state index in [1.807, 2.05) is 6.07 Å². The summed E-state index contributed by atoms with van der Waals surface area (Å²) >= 11 is 0. The lowest BCUT2D eigenvalue weighted by atomic mass is 10.1. The molecule has 124 valence electrons. The monoisotopic (exact) mass is 328 g/mol. The number of phenolic OH excluding ortho intramolecular Hbond substituents is 1. The molecule has 0 saturated carbocycles. The molecule has 24 heavy (non-hydrogen) atoms. The normalized spacial score (nSPS) is 12.4. The third-order valence-electron chi connectivity index (χ3n) is 3.59. The average Bonchev–Trinajstić information content (AvgIpc) is 3.07. The highest BCUT2D eigenvalue weighted by Crippen LogP contribution is 2.35. The fourth-order valence-electron chi connectivity index (χ4n) is 2.34. The summed E-state index contributed by atoms with van der Waals surface area (Å²) in [6.45, 7) is 0.195. The minimum atomic E-state index is -0.355. The molecule has 0 spiro atoms. The summed E-state index contributed by atoms with van der Waals surface area (Å²) in [5.41, 5.74) is 0.914. The molecule has 0 radical (unpaired) electrons. The second-order valence-corrected chi connectivity index (χ2v) is 5.03. The van der Waals surface area contributed by atoms with E-state index in [-0.39, 0.29) is 23.9 Å². The number of methoxy groups -OCH3 is 2. The minimum absolute atomic E-state index is 0.129. The zero-order chi connectivity index (χ0) is 17.1. The van der Waals surface area contributed by atoms with Gasteiger partial charge in [-0.05, 0) is 29.8 Å². The van der Waals surface area contributed by atoms with Crippen LogP contribution >= 0.6 is 0 Å². The van der Waals surface area contributed by atoms with Crippen LogP contribution in [0.25, 0.3) is 6.08 Å². The number of allylic oxidation sites excluding steroid dienone is 1. The van der Waals surface area contributed by atoms with Crippen LogP contribution in [0.3, 0.4) is 0 Å². The minimum Gasteiger partial charge on any atom is -0.507 e. The Morgan fingerprint density at radius 1 is 1.08 bits per heavy atom. The maximum Gasteiger partial charge on any atom is 0.231 e. The standard InChI is InChI=1S/C18H16O6/c1-21-16-8-12(14(20)9-17(16)22-2)13(19)5-3-11-4-6-15-18(7-11)24-10-23-15/h3-9,20H,10H2,1-2H3/b5-3+. The van der Waals surface area contributed by atoms with Gasteiger partial charge < -0.3 is 24.1 Å². The third-order valence-corrected chi connectivity index (χ3v) is 3.59. The molecule has 1 aliphatic heterocycles. The van der Waals surface area contributed by atoms with Crippen LogP contribution in [-0.2, 0) is 0 Å². The fraction of sp³-hybridized carbons (Fsp3) is 0.167. The van der Waals surface area contributed by atoms with Gasteiger partial charge in [0.15, 0.2) is 28.8 Å². The van der Waals surface area contributed by atoms with Crippen LogP contribution in [0.2, 0.25) is 0 Å². The average molecular weight is 328 g/mol. The Morgan fingerprint density at radius 3 is 2.54 bits per heavy atom. The number of benzene rings is 2. The number of ketones is 1. The summed E-state index contributed by atoms with van der Waals surface area (Å²) in [5.74, 6) is 1.51. The molecule has 6 nitrogen and oxygen atoms in total. The highest BCUT2D eigenvalue weighted by atomic mass is 16.7. The first-order valence-corrected chi connectivity index (χ1v) is 7.19. The number of ether oxygens (including phenoxy) is 4. The fourth-order valence-corrected chi connectivity index (χ4v) is 2.34. The van der Waals surface area contributed by atoms with Crippen LogP contribution in [0.4, 0.5) is 0 Å². The Hall–Kier alpha value is -3.15. The van der Waals surface area contributed by atoms with E-state index in [0.717, 1.165) is 5.56 Å². The van der Waals surface area contributed by atoms with Crippen molar-refractivity contribution < 1.29 is 28.8 Å². The van der Waals surface area contributed by atoms with E-state index >= 15 is 0 Å². The molecule has 0 saturated heterocycles. The van der Waals surface area contributed by atoms with Crippen LogP contribution in [0.1, 0.15) is 15.9 Å². The summed E-state index contributed by atoms with van der Waals surface area (Å²) in [5, 5.41) is 10.0. The van der Waals surface area contributed by atoms with E-state index in [4.69, 9.17) is 18.9 Å². The van der Waals surface area contributed by atoms with Crippen molar-refractivity contribution in [3.8, 4) is 28.7 Å². The smallest absolute Gasteiger partial charge is 0.231 e. The van der Waals surface area contributed by atoms with Gasteiger partial charge in [-0.1, -0.05) is 12.1 Å². The molecule has 6 heteroatoms. The molecule has 0 unspecified atom stereocenters. The molecule has 1 N–H and O–H groups in total. The molecule has 3 rings (SSSR count). The van der Waals surface area contributed by atoms with Gasteiger partial charge in [-0.2, -0.15) is 0 Å². The lowest BCUT2D eigenvalue weighted by molar-refractivity contribution is 0.104. The van der Waals surface area contributed by atoms with E-state index in [9.17, 15) is 9.90 Å². The maximum absolute atomic E-state index is 12.3. The van der Waals surface area contributed by atoms with Crippen molar-refractivity contribution in [1.29, 1.82) is 0 Å². The van der Waals surface area contributed by atoms with E-state index in [1.165, 1.54) is 32.4 Å². The van der Waals surface area contributed by atoms with Crippen LogP contribution in [-0.4, -0.2) is 31.9 Å². The maximum atomic E-state index is 12.3. The van der Waals surface area contributed by atoms with Gasteiger partial charge in [0.2, 0.25) is 6.79 Å². The highest BCUT2D eigenvalue weighted by molar-refractivity contribution is 6.09. The summed E-state index contributed by atoms with van der Waals surface area (Å²) in [6.07, 6.45) is 3.01. The Bertz CT molecular complexity index is 809. The van der Waals surface area contributed by atoms with E-state index in [1.54, 1.807) is 18.2 Å². The molecule has 2 aromatic carbocycles. The predicted molar refractivity (Wildman–Crippen MR) is 87.1 cm³/mol.